The standard InChI is InChI=1S/C24H23N3O6S/c1-32-21-11-4-2-9-19(21)26-34(30,31)18-8-6-7-17(15-18)25-23(28)16-27-20-10-3-5-12-22(20)33-14-13-24(27)29/h2-12,15,26H,13-14,16H2,1H3,(H,25,28). The third-order valence-corrected chi connectivity index (χ3v) is 6.47. The maximum absolute atomic E-state index is 12.9. The van der Waals surface area contributed by atoms with Crippen LogP contribution in [0, 0.1) is 0 Å². The summed E-state index contributed by atoms with van der Waals surface area (Å²) >= 11 is 0. The van der Waals surface area contributed by atoms with Crippen LogP contribution in [0.2, 0.25) is 0 Å². The quantitative estimate of drug-likeness (QED) is 0.536. The molecule has 9 nitrogen and oxygen atoms in total. The van der Waals surface area contributed by atoms with E-state index in [0.717, 1.165) is 0 Å². The van der Waals surface area contributed by atoms with Crippen LogP contribution in [0.25, 0.3) is 0 Å². The van der Waals surface area contributed by atoms with Crippen molar-refractivity contribution in [1.82, 2.24) is 0 Å². The zero-order valence-corrected chi connectivity index (χ0v) is 19.2. The molecule has 0 saturated carbocycles. The lowest BCUT2D eigenvalue weighted by atomic mass is 10.2. The molecule has 0 atom stereocenters. The number of ether oxygens (including phenoxy) is 2. The van der Waals surface area contributed by atoms with E-state index in [1.54, 1.807) is 54.6 Å². The van der Waals surface area contributed by atoms with Gasteiger partial charge in [-0.2, -0.15) is 0 Å². The van der Waals surface area contributed by atoms with Crippen molar-refractivity contribution in [3.63, 3.8) is 0 Å². The van der Waals surface area contributed by atoms with Crippen LogP contribution in [0.1, 0.15) is 6.42 Å². The Morgan fingerprint density at radius 2 is 1.82 bits per heavy atom. The van der Waals surface area contributed by atoms with Crippen molar-refractivity contribution in [2.45, 2.75) is 11.3 Å². The van der Waals surface area contributed by atoms with E-state index in [0.29, 0.717) is 22.9 Å². The molecule has 1 aliphatic heterocycles. The minimum Gasteiger partial charge on any atom is -0.495 e. The molecule has 176 valence electrons. The molecule has 0 aromatic heterocycles. The average Bonchev–Trinajstić information content (AvgIpc) is 2.98. The average molecular weight is 482 g/mol. The Morgan fingerprint density at radius 3 is 2.65 bits per heavy atom. The monoisotopic (exact) mass is 481 g/mol. The van der Waals surface area contributed by atoms with Gasteiger partial charge in [-0.05, 0) is 42.5 Å². The van der Waals surface area contributed by atoms with Crippen LogP contribution in [0.4, 0.5) is 17.1 Å². The molecule has 1 aliphatic rings. The predicted molar refractivity (Wildman–Crippen MR) is 128 cm³/mol. The van der Waals surface area contributed by atoms with Crippen molar-refractivity contribution in [2.75, 3.05) is 35.2 Å². The molecular weight excluding hydrogens is 458 g/mol. The first-order valence-electron chi connectivity index (χ1n) is 10.5. The summed E-state index contributed by atoms with van der Waals surface area (Å²) in [5, 5.41) is 2.67. The Bertz CT molecular complexity index is 1330. The summed E-state index contributed by atoms with van der Waals surface area (Å²) in [5.74, 6) is 0.188. The summed E-state index contributed by atoms with van der Waals surface area (Å²) < 4.78 is 39.1. The number of methoxy groups -OCH3 is 1. The highest BCUT2D eigenvalue weighted by molar-refractivity contribution is 7.92. The van der Waals surface area contributed by atoms with E-state index in [2.05, 4.69) is 10.0 Å². The van der Waals surface area contributed by atoms with Crippen LogP contribution >= 0.6 is 0 Å². The van der Waals surface area contributed by atoms with Crippen LogP contribution in [-0.2, 0) is 19.6 Å². The molecule has 1 heterocycles. The highest BCUT2D eigenvalue weighted by Crippen LogP contribution is 2.31. The number of carbonyl (C=O) groups is 2. The fourth-order valence-corrected chi connectivity index (χ4v) is 4.63. The summed E-state index contributed by atoms with van der Waals surface area (Å²) in [4.78, 5) is 26.6. The number of rotatable bonds is 7. The summed E-state index contributed by atoms with van der Waals surface area (Å²) in [7, 11) is -2.50. The predicted octanol–water partition coefficient (Wildman–Crippen LogP) is 3.25. The number of hydrogen-bond donors (Lipinski definition) is 2. The van der Waals surface area contributed by atoms with E-state index in [9.17, 15) is 18.0 Å². The SMILES string of the molecule is COc1ccccc1NS(=O)(=O)c1cccc(NC(=O)CN2C(=O)CCOc3ccccc32)c1. The zero-order valence-electron chi connectivity index (χ0n) is 18.4. The maximum Gasteiger partial charge on any atom is 0.262 e. The van der Waals surface area contributed by atoms with E-state index in [1.807, 2.05) is 0 Å². The van der Waals surface area contributed by atoms with E-state index < -0.39 is 15.9 Å². The highest BCUT2D eigenvalue weighted by Gasteiger charge is 2.25. The number of para-hydroxylation sites is 4. The number of nitrogens with zero attached hydrogens (tertiary/aromatic N) is 1. The normalized spacial score (nSPS) is 13.3. The molecular formula is C24H23N3O6S. The Morgan fingerprint density at radius 1 is 1.06 bits per heavy atom. The van der Waals surface area contributed by atoms with Crippen molar-refractivity contribution in [3.8, 4) is 11.5 Å². The Labute approximate surface area is 197 Å². The zero-order chi connectivity index (χ0) is 24.1. The molecule has 2 amide bonds. The Balaban J connectivity index is 1.50. The van der Waals surface area contributed by atoms with Gasteiger partial charge in [-0.1, -0.05) is 30.3 Å². The van der Waals surface area contributed by atoms with E-state index >= 15 is 0 Å². The molecule has 3 aromatic rings. The number of anilines is 3. The minimum atomic E-state index is -3.95. The smallest absolute Gasteiger partial charge is 0.262 e. The molecule has 4 rings (SSSR count). The van der Waals surface area contributed by atoms with E-state index in [4.69, 9.17) is 9.47 Å². The molecule has 10 heteroatoms. The number of carbonyl (C=O) groups excluding carboxylic acids is 2. The van der Waals surface area contributed by atoms with Gasteiger partial charge in [0.2, 0.25) is 11.8 Å². The number of fused-ring (bicyclic) bond motifs is 1. The van der Waals surface area contributed by atoms with Gasteiger partial charge >= 0.3 is 0 Å². The largest absolute Gasteiger partial charge is 0.495 e. The third-order valence-electron chi connectivity index (χ3n) is 5.11. The highest BCUT2D eigenvalue weighted by atomic mass is 32.2. The number of sulfonamides is 1. The lowest BCUT2D eigenvalue weighted by Gasteiger charge is -2.21. The van der Waals surface area contributed by atoms with E-state index in [-0.39, 0.29) is 36.1 Å². The van der Waals surface area contributed by atoms with Gasteiger partial charge in [-0.15, -0.1) is 0 Å². The lowest BCUT2D eigenvalue weighted by Crippen LogP contribution is -2.37. The van der Waals surface area contributed by atoms with E-state index in [1.165, 1.54) is 30.2 Å². The molecule has 0 fully saturated rings. The van der Waals surface area contributed by atoms with Gasteiger partial charge in [0.1, 0.15) is 18.0 Å². The molecule has 0 bridgehead atoms. The fraction of sp³-hybridized carbons (Fsp3) is 0.167. The summed E-state index contributed by atoms with van der Waals surface area (Å²) in [6, 6.07) is 19.5. The van der Waals surface area contributed by atoms with Gasteiger partial charge < -0.3 is 14.8 Å². The molecule has 0 saturated heterocycles. The minimum absolute atomic E-state index is 0.0409. The van der Waals surface area contributed by atoms with Crippen molar-refractivity contribution >= 4 is 38.9 Å². The Kier molecular flexibility index (Phi) is 6.69. The van der Waals surface area contributed by atoms with Crippen LogP contribution < -0.4 is 24.4 Å². The molecule has 2 N–H and O–H groups in total. The van der Waals surface area contributed by atoms with Crippen molar-refractivity contribution in [1.29, 1.82) is 0 Å². The number of hydrogen-bond acceptors (Lipinski definition) is 6. The van der Waals surface area contributed by atoms with Gasteiger partial charge in [0, 0.05) is 5.69 Å². The summed E-state index contributed by atoms with van der Waals surface area (Å²) in [6.45, 7) is -0.0112. The second-order valence-corrected chi connectivity index (χ2v) is 9.11. The van der Waals surface area contributed by atoms with Gasteiger partial charge in [0.25, 0.3) is 10.0 Å². The number of benzene rings is 3. The molecule has 0 spiro atoms. The van der Waals surface area contributed by atoms with Crippen molar-refractivity contribution in [2.24, 2.45) is 0 Å². The second kappa shape index (κ2) is 9.84. The summed E-state index contributed by atoms with van der Waals surface area (Å²) in [5.41, 5.74) is 1.08. The van der Waals surface area contributed by atoms with Crippen molar-refractivity contribution < 1.29 is 27.5 Å². The van der Waals surface area contributed by atoms with Gasteiger partial charge in [-0.3, -0.25) is 19.2 Å². The topological polar surface area (TPSA) is 114 Å². The lowest BCUT2D eigenvalue weighted by molar-refractivity contribution is -0.121. The van der Waals surface area contributed by atoms with Crippen LogP contribution in [0.15, 0.2) is 77.7 Å². The first-order valence-corrected chi connectivity index (χ1v) is 11.9. The first kappa shape index (κ1) is 23.1. The summed E-state index contributed by atoms with van der Waals surface area (Å²) in [6.07, 6.45) is 0.143. The van der Waals surface area contributed by atoms with Crippen LogP contribution in [0.3, 0.4) is 0 Å². The molecule has 3 aromatic carbocycles. The van der Waals surface area contributed by atoms with Gasteiger partial charge in [0.15, 0.2) is 0 Å². The number of amides is 2. The number of nitrogens with one attached hydrogen (secondary N) is 2. The third kappa shape index (κ3) is 5.12. The van der Waals surface area contributed by atoms with Crippen LogP contribution in [0.5, 0.6) is 11.5 Å². The molecule has 34 heavy (non-hydrogen) atoms. The fourth-order valence-electron chi connectivity index (χ4n) is 3.51. The van der Waals surface area contributed by atoms with Gasteiger partial charge in [0.05, 0.1) is 36.4 Å². The second-order valence-electron chi connectivity index (χ2n) is 7.43. The molecule has 0 aliphatic carbocycles. The Hall–Kier alpha value is -4.05. The molecule has 0 unspecified atom stereocenters. The first-order chi connectivity index (χ1) is 16.4. The molecule has 0 radical (unpaired) electrons. The van der Waals surface area contributed by atoms with Crippen LogP contribution in [-0.4, -0.2) is 40.5 Å². The maximum atomic E-state index is 12.9. The van der Waals surface area contributed by atoms with Gasteiger partial charge in [-0.25, -0.2) is 8.42 Å². The van der Waals surface area contributed by atoms with Crippen molar-refractivity contribution in [3.05, 3.63) is 72.8 Å².